The standard InChI is InChI=1S/C14H15NO4/c1-9-6-7-10(18-9)8-15-12-5-3-2-4-11(12)13(16)19-14(15)17/h2-5,9-10H,6-8H2,1H3. The molecule has 1 aromatic carbocycles. The summed E-state index contributed by atoms with van der Waals surface area (Å²) in [4.78, 5) is 23.5. The number of rotatable bonds is 2. The molecule has 100 valence electrons. The van der Waals surface area contributed by atoms with Crippen molar-refractivity contribution in [2.45, 2.75) is 38.5 Å². The summed E-state index contributed by atoms with van der Waals surface area (Å²) in [6.07, 6.45) is 2.14. The van der Waals surface area contributed by atoms with Crippen LogP contribution >= 0.6 is 0 Å². The molecule has 1 saturated heterocycles. The lowest BCUT2D eigenvalue weighted by atomic mass is 10.2. The number of fused-ring (bicyclic) bond motifs is 1. The third kappa shape index (κ3) is 2.21. The number of nitrogens with zero attached hydrogens (tertiary/aromatic N) is 1. The highest BCUT2D eigenvalue weighted by molar-refractivity contribution is 5.77. The minimum absolute atomic E-state index is 0.00353. The van der Waals surface area contributed by atoms with Crippen LogP contribution in [0.4, 0.5) is 0 Å². The van der Waals surface area contributed by atoms with Crippen molar-refractivity contribution in [3.63, 3.8) is 0 Å². The van der Waals surface area contributed by atoms with Crippen molar-refractivity contribution in [1.82, 2.24) is 4.57 Å². The Morgan fingerprint density at radius 2 is 2.05 bits per heavy atom. The first-order chi connectivity index (χ1) is 9.15. The van der Waals surface area contributed by atoms with Gasteiger partial charge in [-0.25, -0.2) is 9.59 Å². The maximum atomic E-state index is 11.9. The average molecular weight is 261 g/mol. The van der Waals surface area contributed by atoms with Gasteiger partial charge in [-0.3, -0.25) is 4.57 Å². The minimum atomic E-state index is -0.619. The number of ether oxygens (including phenoxy) is 1. The van der Waals surface area contributed by atoms with Crippen LogP contribution in [0.3, 0.4) is 0 Å². The third-order valence-corrected chi connectivity index (χ3v) is 3.52. The Hall–Kier alpha value is -1.88. The molecule has 2 aromatic rings. The second-order valence-electron chi connectivity index (χ2n) is 4.93. The van der Waals surface area contributed by atoms with Crippen LogP contribution in [0.15, 0.2) is 38.3 Å². The predicted molar refractivity (Wildman–Crippen MR) is 70.3 cm³/mol. The molecule has 0 spiro atoms. The molecule has 5 heteroatoms. The number of hydrogen-bond donors (Lipinski definition) is 0. The predicted octanol–water partition coefficient (Wildman–Crippen LogP) is 1.52. The summed E-state index contributed by atoms with van der Waals surface area (Å²) in [5, 5.41) is 0.424. The first-order valence-corrected chi connectivity index (χ1v) is 6.43. The lowest BCUT2D eigenvalue weighted by Crippen LogP contribution is -2.29. The smallest absolute Gasteiger partial charge is 0.373 e. The van der Waals surface area contributed by atoms with Crippen LogP contribution in [-0.2, 0) is 11.3 Å². The fourth-order valence-corrected chi connectivity index (χ4v) is 2.57. The van der Waals surface area contributed by atoms with E-state index >= 15 is 0 Å². The van der Waals surface area contributed by atoms with Gasteiger partial charge in [0.05, 0.1) is 29.7 Å². The fraction of sp³-hybridized carbons (Fsp3) is 0.429. The van der Waals surface area contributed by atoms with Crippen molar-refractivity contribution >= 4 is 10.9 Å². The molecule has 1 aliphatic heterocycles. The van der Waals surface area contributed by atoms with Gasteiger partial charge in [0.2, 0.25) is 0 Å². The van der Waals surface area contributed by atoms with E-state index in [0.29, 0.717) is 17.4 Å². The molecule has 0 aliphatic carbocycles. The SMILES string of the molecule is CC1CCC(Cn2c(=O)oc(=O)c3ccccc32)O1. The van der Waals surface area contributed by atoms with Crippen molar-refractivity contribution in [3.8, 4) is 0 Å². The Balaban J connectivity index is 2.08. The summed E-state index contributed by atoms with van der Waals surface area (Å²) in [7, 11) is 0. The molecule has 1 aliphatic rings. The summed E-state index contributed by atoms with van der Waals surface area (Å²) in [6, 6.07) is 6.97. The molecule has 0 saturated carbocycles. The van der Waals surface area contributed by atoms with Crippen LogP contribution in [0, 0.1) is 0 Å². The largest absolute Gasteiger partial charge is 0.422 e. The topological polar surface area (TPSA) is 61.4 Å². The van der Waals surface area contributed by atoms with E-state index in [0.717, 1.165) is 12.8 Å². The Morgan fingerprint density at radius 1 is 1.26 bits per heavy atom. The molecule has 2 heterocycles. The molecule has 2 unspecified atom stereocenters. The molecule has 1 fully saturated rings. The number of aromatic nitrogens is 1. The van der Waals surface area contributed by atoms with Crippen LogP contribution in [0.25, 0.3) is 10.9 Å². The average Bonchev–Trinajstić information content (AvgIpc) is 2.80. The monoisotopic (exact) mass is 261 g/mol. The van der Waals surface area contributed by atoms with Gasteiger partial charge in [0.1, 0.15) is 0 Å². The maximum absolute atomic E-state index is 11.9. The number of benzene rings is 1. The highest BCUT2D eigenvalue weighted by Crippen LogP contribution is 2.21. The lowest BCUT2D eigenvalue weighted by molar-refractivity contribution is 0.0446. The van der Waals surface area contributed by atoms with Gasteiger partial charge in [0, 0.05) is 0 Å². The summed E-state index contributed by atoms with van der Waals surface area (Å²) in [6.45, 7) is 2.44. The van der Waals surface area contributed by atoms with Gasteiger partial charge in [-0.2, -0.15) is 0 Å². The summed E-state index contributed by atoms with van der Waals surface area (Å²) in [5.41, 5.74) is 0.0180. The van der Waals surface area contributed by atoms with E-state index in [4.69, 9.17) is 9.15 Å². The van der Waals surface area contributed by atoms with E-state index < -0.39 is 11.4 Å². The van der Waals surface area contributed by atoms with E-state index in [1.165, 1.54) is 4.57 Å². The second-order valence-corrected chi connectivity index (χ2v) is 4.93. The third-order valence-electron chi connectivity index (χ3n) is 3.52. The maximum Gasteiger partial charge on any atom is 0.422 e. The molecule has 5 nitrogen and oxygen atoms in total. The van der Waals surface area contributed by atoms with Crippen molar-refractivity contribution in [1.29, 1.82) is 0 Å². The highest BCUT2D eigenvalue weighted by Gasteiger charge is 2.23. The summed E-state index contributed by atoms with van der Waals surface area (Å²) in [5.74, 6) is -0.619. The second kappa shape index (κ2) is 4.66. The van der Waals surface area contributed by atoms with Gasteiger partial charge in [0.15, 0.2) is 0 Å². The Bertz CT molecular complexity index is 715. The molecular formula is C14H15NO4. The molecule has 19 heavy (non-hydrogen) atoms. The Kier molecular flexibility index (Phi) is 2.98. The van der Waals surface area contributed by atoms with Gasteiger partial charge in [-0.05, 0) is 31.9 Å². The zero-order valence-electron chi connectivity index (χ0n) is 10.7. The zero-order chi connectivity index (χ0) is 13.4. The summed E-state index contributed by atoms with van der Waals surface area (Å²) < 4.78 is 12.0. The Morgan fingerprint density at radius 3 is 2.79 bits per heavy atom. The van der Waals surface area contributed by atoms with E-state index in [-0.39, 0.29) is 12.2 Å². The van der Waals surface area contributed by atoms with Crippen LogP contribution < -0.4 is 11.4 Å². The zero-order valence-corrected chi connectivity index (χ0v) is 10.7. The van der Waals surface area contributed by atoms with Gasteiger partial charge >= 0.3 is 11.4 Å². The van der Waals surface area contributed by atoms with E-state index in [9.17, 15) is 9.59 Å². The van der Waals surface area contributed by atoms with Crippen LogP contribution in [0.2, 0.25) is 0 Å². The fourth-order valence-electron chi connectivity index (χ4n) is 2.57. The van der Waals surface area contributed by atoms with E-state index in [2.05, 4.69) is 0 Å². The number of para-hydroxylation sites is 1. The lowest BCUT2D eigenvalue weighted by Gasteiger charge is -2.14. The molecule has 0 N–H and O–H groups in total. The van der Waals surface area contributed by atoms with Crippen molar-refractivity contribution in [3.05, 3.63) is 45.2 Å². The van der Waals surface area contributed by atoms with E-state index in [1.54, 1.807) is 24.3 Å². The minimum Gasteiger partial charge on any atom is -0.373 e. The van der Waals surface area contributed by atoms with Gasteiger partial charge < -0.3 is 9.15 Å². The molecule has 2 atom stereocenters. The molecule has 3 rings (SSSR count). The van der Waals surface area contributed by atoms with Crippen molar-refractivity contribution in [2.24, 2.45) is 0 Å². The first-order valence-electron chi connectivity index (χ1n) is 6.43. The van der Waals surface area contributed by atoms with Crippen LogP contribution in [0.5, 0.6) is 0 Å². The van der Waals surface area contributed by atoms with Gasteiger partial charge in [0.25, 0.3) is 0 Å². The van der Waals surface area contributed by atoms with E-state index in [1.807, 2.05) is 6.92 Å². The molecule has 0 amide bonds. The highest BCUT2D eigenvalue weighted by atomic mass is 16.5. The molecule has 1 aromatic heterocycles. The van der Waals surface area contributed by atoms with Crippen molar-refractivity contribution < 1.29 is 9.15 Å². The number of hydrogen-bond acceptors (Lipinski definition) is 4. The molecular weight excluding hydrogens is 246 g/mol. The van der Waals surface area contributed by atoms with Crippen molar-refractivity contribution in [2.75, 3.05) is 0 Å². The van der Waals surface area contributed by atoms with Crippen LogP contribution in [-0.4, -0.2) is 16.8 Å². The molecule has 0 radical (unpaired) electrons. The quantitative estimate of drug-likeness (QED) is 0.822. The first kappa shape index (κ1) is 12.2. The van der Waals surface area contributed by atoms with Gasteiger partial charge in [-0.1, -0.05) is 12.1 Å². The summed E-state index contributed by atoms with van der Waals surface area (Å²) >= 11 is 0. The normalized spacial score (nSPS) is 23.0. The molecule has 0 bridgehead atoms. The Labute approximate surface area is 109 Å². The van der Waals surface area contributed by atoms with Crippen LogP contribution in [0.1, 0.15) is 19.8 Å². The van der Waals surface area contributed by atoms with Gasteiger partial charge in [-0.15, -0.1) is 0 Å².